The average molecular weight is 279 g/mol. The SMILES string of the molecule is Oc1cncc(-c2nc(C3CCc4ccccc43)no2)c1. The molecule has 5 nitrogen and oxygen atoms in total. The molecule has 0 radical (unpaired) electrons. The summed E-state index contributed by atoms with van der Waals surface area (Å²) < 4.78 is 5.32. The first kappa shape index (κ1) is 12.1. The maximum Gasteiger partial charge on any atom is 0.259 e. The van der Waals surface area contributed by atoms with Crippen LogP contribution in [0.4, 0.5) is 0 Å². The van der Waals surface area contributed by atoms with E-state index in [9.17, 15) is 5.11 Å². The third-order valence-electron chi connectivity index (χ3n) is 3.86. The van der Waals surface area contributed by atoms with Crippen molar-refractivity contribution in [3.05, 3.63) is 59.7 Å². The van der Waals surface area contributed by atoms with Gasteiger partial charge in [0.05, 0.1) is 11.8 Å². The third kappa shape index (κ3) is 2.07. The number of benzene rings is 1. The number of pyridine rings is 1. The second kappa shape index (κ2) is 4.70. The van der Waals surface area contributed by atoms with Crippen molar-refractivity contribution in [3.63, 3.8) is 0 Å². The summed E-state index contributed by atoms with van der Waals surface area (Å²) in [5, 5.41) is 13.6. The highest BCUT2D eigenvalue weighted by Crippen LogP contribution is 2.37. The van der Waals surface area contributed by atoms with E-state index in [0.717, 1.165) is 12.8 Å². The Morgan fingerprint density at radius 2 is 2.10 bits per heavy atom. The van der Waals surface area contributed by atoms with Gasteiger partial charge >= 0.3 is 0 Å². The Kier molecular flexibility index (Phi) is 2.70. The molecule has 1 atom stereocenters. The predicted molar refractivity (Wildman–Crippen MR) is 75.8 cm³/mol. The van der Waals surface area contributed by atoms with Gasteiger partial charge in [0.25, 0.3) is 5.89 Å². The van der Waals surface area contributed by atoms with Crippen LogP contribution in [0.2, 0.25) is 0 Å². The first-order valence-electron chi connectivity index (χ1n) is 6.87. The fraction of sp³-hybridized carbons (Fsp3) is 0.188. The Labute approximate surface area is 121 Å². The molecule has 1 aliphatic carbocycles. The van der Waals surface area contributed by atoms with Crippen molar-refractivity contribution in [1.82, 2.24) is 15.1 Å². The van der Waals surface area contributed by atoms with Gasteiger partial charge in [-0.2, -0.15) is 4.98 Å². The number of rotatable bonds is 2. The first-order valence-corrected chi connectivity index (χ1v) is 6.87. The van der Waals surface area contributed by atoms with E-state index in [2.05, 4.69) is 33.3 Å². The van der Waals surface area contributed by atoms with Crippen LogP contribution < -0.4 is 0 Å². The molecule has 1 aliphatic rings. The number of hydrogen-bond donors (Lipinski definition) is 1. The van der Waals surface area contributed by atoms with Crippen molar-refractivity contribution in [3.8, 4) is 17.2 Å². The Morgan fingerprint density at radius 1 is 1.19 bits per heavy atom. The highest BCUT2D eigenvalue weighted by Gasteiger charge is 2.27. The lowest BCUT2D eigenvalue weighted by molar-refractivity contribution is 0.418. The summed E-state index contributed by atoms with van der Waals surface area (Å²) in [7, 11) is 0. The van der Waals surface area contributed by atoms with E-state index in [4.69, 9.17) is 4.52 Å². The van der Waals surface area contributed by atoms with E-state index in [-0.39, 0.29) is 11.7 Å². The van der Waals surface area contributed by atoms with Crippen LogP contribution in [0, 0.1) is 0 Å². The quantitative estimate of drug-likeness (QED) is 0.781. The molecule has 5 heteroatoms. The zero-order chi connectivity index (χ0) is 14.2. The maximum atomic E-state index is 9.47. The standard InChI is InChI=1S/C16H13N3O2/c20-12-7-11(8-17-9-12)16-18-15(19-21-16)14-6-5-10-3-1-2-4-13(10)14/h1-4,7-9,14,20H,5-6H2. The zero-order valence-corrected chi connectivity index (χ0v) is 11.2. The summed E-state index contributed by atoms with van der Waals surface area (Å²) in [6.45, 7) is 0. The summed E-state index contributed by atoms with van der Waals surface area (Å²) in [5.74, 6) is 1.35. The molecule has 1 aromatic carbocycles. The number of aromatic hydroxyl groups is 1. The molecule has 104 valence electrons. The molecular weight excluding hydrogens is 266 g/mol. The van der Waals surface area contributed by atoms with Crippen molar-refractivity contribution in [1.29, 1.82) is 0 Å². The van der Waals surface area contributed by atoms with Gasteiger partial charge in [0.1, 0.15) is 5.75 Å². The minimum Gasteiger partial charge on any atom is -0.506 e. The summed E-state index contributed by atoms with van der Waals surface area (Å²) in [5.41, 5.74) is 3.26. The molecule has 2 heterocycles. The van der Waals surface area contributed by atoms with Gasteiger partial charge in [-0.25, -0.2) is 0 Å². The van der Waals surface area contributed by atoms with Crippen LogP contribution in [-0.2, 0) is 6.42 Å². The van der Waals surface area contributed by atoms with Crippen LogP contribution in [0.1, 0.15) is 29.3 Å². The Hall–Kier alpha value is -2.69. The van der Waals surface area contributed by atoms with Gasteiger partial charge in [0.2, 0.25) is 0 Å². The molecule has 0 spiro atoms. The predicted octanol–water partition coefficient (Wildman–Crippen LogP) is 2.92. The van der Waals surface area contributed by atoms with Crippen LogP contribution in [0.3, 0.4) is 0 Å². The zero-order valence-electron chi connectivity index (χ0n) is 11.2. The Bertz CT molecular complexity index is 797. The lowest BCUT2D eigenvalue weighted by Crippen LogP contribution is -1.98. The lowest BCUT2D eigenvalue weighted by Gasteiger charge is -2.05. The summed E-state index contributed by atoms with van der Waals surface area (Å²) in [6, 6.07) is 9.93. The second-order valence-electron chi connectivity index (χ2n) is 5.18. The summed E-state index contributed by atoms with van der Waals surface area (Å²) in [6.07, 6.45) is 5.00. The van der Waals surface area contributed by atoms with E-state index in [1.54, 1.807) is 12.3 Å². The highest BCUT2D eigenvalue weighted by atomic mass is 16.5. The van der Waals surface area contributed by atoms with E-state index < -0.39 is 0 Å². The Balaban J connectivity index is 1.70. The normalized spacial score (nSPS) is 16.9. The molecule has 1 unspecified atom stereocenters. The van der Waals surface area contributed by atoms with Gasteiger partial charge in [-0.05, 0) is 30.0 Å². The van der Waals surface area contributed by atoms with Gasteiger partial charge in [0, 0.05) is 12.1 Å². The Morgan fingerprint density at radius 3 is 3.00 bits per heavy atom. The molecule has 21 heavy (non-hydrogen) atoms. The lowest BCUT2D eigenvalue weighted by atomic mass is 10.0. The molecule has 0 saturated heterocycles. The number of nitrogens with zero attached hydrogens (tertiary/aromatic N) is 3. The second-order valence-corrected chi connectivity index (χ2v) is 5.18. The van der Waals surface area contributed by atoms with Crippen LogP contribution >= 0.6 is 0 Å². The van der Waals surface area contributed by atoms with Crippen LogP contribution in [0.15, 0.2) is 47.2 Å². The number of aromatic nitrogens is 3. The smallest absolute Gasteiger partial charge is 0.259 e. The van der Waals surface area contributed by atoms with Crippen molar-refractivity contribution in [2.24, 2.45) is 0 Å². The number of fused-ring (bicyclic) bond motifs is 1. The van der Waals surface area contributed by atoms with Crippen LogP contribution in [-0.4, -0.2) is 20.2 Å². The highest BCUT2D eigenvalue weighted by molar-refractivity contribution is 5.53. The molecule has 0 bridgehead atoms. The molecule has 2 aromatic heterocycles. The van der Waals surface area contributed by atoms with Gasteiger partial charge in [-0.15, -0.1) is 0 Å². The number of hydrogen-bond acceptors (Lipinski definition) is 5. The topological polar surface area (TPSA) is 72.0 Å². The van der Waals surface area contributed by atoms with Gasteiger partial charge in [-0.3, -0.25) is 4.98 Å². The molecule has 0 amide bonds. The monoisotopic (exact) mass is 279 g/mol. The van der Waals surface area contributed by atoms with E-state index in [0.29, 0.717) is 17.3 Å². The largest absolute Gasteiger partial charge is 0.506 e. The van der Waals surface area contributed by atoms with E-state index >= 15 is 0 Å². The van der Waals surface area contributed by atoms with Crippen molar-refractivity contribution in [2.45, 2.75) is 18.8 Å². The summed E-state index contributed by atoms with van der Waals surface area (Å²) >= 11 is 0. The van der Waals surface area contributed by atoms with Crippen molar-refractivity contribution >= 4 is 0 Å². The minimum atomic E-state index is 0.0819. The van der Waals surface area contributed by atoms with Crippen molar-refractivity contribution < 1.29 is 9.63 Å². The van der Waals surface area contributed by atoms with Gasteiger partial charge in [0.15, 0.2) is 5.82 Å². The minimum absolute atomic E-state index is 0.0819. The van der Waals surface area contributed by atoms with Gasteiger partial charge in [-0.1, -0.05) is 29.4 Å². The fourth-order valence-corrected chi connectivity index (χ4v) is 2.86. The third-order valence-corrected chi connectivity index (χ3v) is 3.86. The molecule has 4 rings (SSSR count). The van der Waals surface area contributed by atoms with Crippen LogP contribution in [0.5, 0.6) is 5.75 Å². The molecule has 0 saturated carbocycles. The van der Waals surface area contributed by atoms with E-state index in [1.165, 1.54) is 17.3 Å². The van der Waals surface area contributed by atoms with Crippen molar-refractivity contribution in [2.75, 3.05) is 0 Å². The molecule has 1 N–H and O–H groups in total. The summed E-state index contributed by atoms with van der Waals surface area (Å²) in [4.78, 5) is 8.40. The molecule has 3 aromatic rings. The number of aryl methyl sites for hydroxylation is 1. The first-order chi connectivity index (χ1) is 10.3. The van der Waals surface area contributed by atoms with Gasteiger partial charge < -0.3 is 9.63 Å². The molecule has 0 aliphatic heterocycles. The molecule has 0 fully saturated rings. The van der Waals surface area contributed by atoms with E-state index in [1.807, 2.05) is 6.07 Å². The average Bonchev–Trinajstić information content (AvgIpc) is 3.14. The molecular formula is C16H13N3O2. The van der Waals surface area contributed by atoms with Crippen LogP contribution in [0.25, 0.3) is 11.5 Å². The maximum absolute atomic E-state index is 9.47. The fourth-order valence-electron chi connectivity index (χ4n) is 2.86.